The molecule has 5 heteroatoms. The molecule has 0 unspecified atom stereocenters. The zero-order valence-electron chi connectivity index (χ0n) is 13.6. The molecule has 2 rings (SSSR count). The van der Waals surface area contributed by atoms with Gasteiger partial charge in [-0.15, -0.1) is 0 Å². The van der Waals surface area contributed by atoms with Crippen LogP contribution in [0.5, 0.6) is 0 Å². The van der Waals surface area contributed by atoms with Crippen molar-refractivity contribution in [1.82, 2.24) is 0 Å². The molecule has 0 fully saturated rings. The molecule has 1 aromatic rings. The van der Waals surface area contributed by atoms with Crippen LogP contribution in [0, 0.1) is 0 Å². The quantitative estimate of drug-likeness (QED) is 0.549. The zero-order chi connectivity index (χ0) is 15.0. The fourth-order valence-electron chi connectivity index (χ4n) is 2.39. The lowest BCUT2D eigenvalue weighted by Gasteiger charge is -2.34. The van der Waals surface area contributed by atoms with Crippen molar-refractivity contribution in [3.8, 4) is 0 Å². The second kappa shape index (κ2) is 6.01. The fourth-order valence-corrected chi connectivity index (χ4v) is 9.08. The van der Waals surface area contributed by atoms with Gasteiger partial charge in [-0.1, -0.05) is 24.3 Å². The molecule has 0 N–H and O–H groups in total. The van der Waals surface area contributed by atoms with Crippen molar-refractivity contribution in [3.05, 3.63) is 35.4 Å². The first-order valence-corrected chi connectivity index (χ1v) is 15.4. The van der Waals surface area contributed by atoms with Gasteiger partial charge in [0.15, 0.2) is 25.0 Å². The number of hydrogen-bond acceptors (Lipinski definition) is 2. The van der Waals surface area contributed by atoms with E-state index in [0.717, 1.165) is 12.8 Å². The van der Waals surface area contributed by atoms with E-state index in [2.05, 4.69) is 63.5 Å². The van der Waals surface area contributed by atoms with E-state index in [0.29, 0.717) is 5.66 Å². The van der Waals surface area contributed by atoms with Crippen LogP contribution in [0.1, 0.15) is 11.1 Å². The van der Waals surface area contributed by atoms with Gasteiger partial charge in [0.1, 0.15) is 0 Å². The molecule has 0 saturated heterocycles. The summed E-state index contributed by atoms with van der Waals surface area (Å²) in [5.41, 5.74) is 3.52. The van der Waals surface area contributed by atoms with Crippen molar-refractivity contribution in [2.24, 2.45) is 0 Å². The smallest absolute Gasteiger partial charge is 0.191 e. The summed E-state index contributed by atoms with van der Waals surface area (Å²) in [6, 6.07) is 8.79. The summed E-state index contributed by atoms with van der Waals surface area (Å²) in [7, 11) is -3.89. The first-order valence-electron chi connectivity index (χ1n) is 7.38. The van der Waals surface area contributed by atoms with Gasteiger partial charge in [-0.25, -0.2) is 0 Å². The van der Waals surface area contributed by atoms with E-state index in [1.807, 2.05) is 0 Å². The molecule has 1 aromatic carbocycles. The molecule has 0 radical (unpaired) electrons. The number of benzene rings is 1. The van der Waals surface area contributed by atoms with Crippen LogP contribution in [0.4, 0.5) is 0 Å². The van der Waals surface area contributed by atoms with Crippen molar-refractivity contribution in [3.63, 3.8) is 0 Å². The first kappa shape index (κ1) is 16.4. The molecular weight excluding hydrogens is 299 g/mol. The molecular formula is C15H27O2PSi2. The molecule has 0 aliphatic heterocycles. The van der Waals surface area contributed by atoms with Crippen LogP contribution in [0.3, 0.4) is 0 Å². The monoisotopic (exact) mass is 326 g/mol. The largest absolute Gasteiger partial charge is 0.376 e. The molecule has 0 spiro atoms. The van der Waals surface area contributed by atoms with E-state index in [1.165, 1.54) is 11.1 Å². The van der Waals surface area contributed by atoms with Crippen LogP contribution >= 0.6 is 8.38 Å². The predicted molar refractivity (Wildman–Crippen MR) is 93.4 cm³/mol. The Morgan fingerprint density at radius 1 is 0.850 bits per heavy atom. The third-order valence-corrected chi connectivity index (χ3v) is 9.84. The van der Waals surface area contributed by atoms with E-state index >= 15 is 0 Å². The second-order valence-electron chi connectivity index (χ2n) is 7.52. The maximum absolute atomic E-state index is 6.45. The summed E-state index contributed by atoms with van der Waals surface area (Å²) in [4.78, 5) is 0. The summed E-state index contributed by atoms with van der Waals surface area (Å²) >= 11 is 0. The molecule has 0 bridgehead atoms. The highest BCUT2D eigenvalue weighted by atomic mass is 31.2. The topological polar surface area (TPSA) is 18.5 Å². The van der Waals surface area contributed by atoms with E-state index in [9.17, 15) is 0 Å². The van der Waals surface area contributed by atoms with Crippen molar-refractivity contribution >= 4 is 25.0 Å². The minimum atomic E-state index is -1.56. The number of rotatable bonds is 5. The highest BCUT2D eigenvalue weighted by Crippen LogP contribution is 2.53. The van der Waals surface area contributed by atoms with Crippen LogP contribution in [0.15, 0.2) is 24.3 Å². The minimum Gasteiger partial charge on any atom is -0.376 e. The van der Waals surface area contributed by atoms with E-state index in [-0.39, 0.29) is 0 Å². The average Bonchev–Trinajstić information content (AvgIpc) is 2.67. The van der Waals surface area contributed by atoms with Gasteiger partial charge in [0.05, 0.1) is 0 Å². The van der Waals surface area contributed by atoms with E-state index in [1.54, 1.807) is 0 Å². The first-order chi connectivity index (χ1) is 9.14. The second-order valence-corrected chi connectivity index (χ2v) is 18.7. The van der Waals surface area contributed by atoms with Crippen LogP contribution < -0.4 is 0 Å². The lowest BCUT2D eigenvalue weighted by atomic mass is 10.1. The van der Waals surface area contributed by atoms with Gasteiger partial charge in [-0.05, 0) is 63.3 Å². The zero-order valence-corrected chi connectivity index (χ0v) is 16.5. The van der Waals surface area contributed by atoms with Crippen LogP contribution in [0.2, 0.25) is 39.3 Å². The average molecular weight is 327 g/mol. The summed E-state index contributed by atoms with van der Waals surface area (Å²) in [5.74, 6) is 0. The third-order valence-electron chi connectivity index (χ3n) is 3.06. The molecule has 1 aliphatic rings. The Bertz CT molecular complexity index is 425. The van der Waals surface area contributed by atoms with Gasteiger partial charge < -0.3 is 8.43 Å². The maximum Gasteiger partial charge on any atom is 0.191 e. The summed E-state index contributed by atoms with van der Waals surface area (Å²) < 4.78 is 12.9. The molecule has 2 nitrogen and oxygen atoms in total. The van der Waals surface area contributed by atoms with Crippen molar-refractivity contribution in [2.75, 3.05) is 0 Å². The molecule has 112 valence electrons. The Morgan fingerprint density at radius 3 is 1.60 bits per heavy atom. The third kappa shape index (κ3) is 4.78. The molecule has 20 heavy (non-hydrogen) atoms. The Labute approximate surface area is 127 Å². The molecule has 0 heterocycles. The van der Waals surface area contributed by atoms with Gasteiger partial charge in [-0.3, -0.25) is 0 Å². The maximum atomic E-state index is 6.45. The van der Waals surface area contributed by atoms with Crippen molar-refractivity contribution in [1.29, 1.82) is 0 Å². The van der Waals surface area contributed by atoms with Gasteiger partial charge in [0.25, 0.3) is 0 Å². The van der Waals surface area contributed by atoms with E-state index in [4.69, 9.17) is 8.43 Å². The standard InChI is InChI=1S/C15H27O2PSi2/c1-19(2,3)16-18(17-20(4,5)6)15-11-13-9-7-8-10-14(13)12-15/h7-10,15H,11-12H2,1-6H3. The molecule has 0 saturated carbocycles. The summed E-state index contributed by atoms with van der Waals surface area (Å²) in [5, 5.41) is 0. The van der Waals surface area contributed by atoms with Gasteiger partial charge in [0, 0.05) is 5.66 Å². The number of hydrogen-bond donors (Lipinski definition) is 0. The summed E-state index contributed by atoms with van der Waals surface area (Å²) in [6.07, 6.45) is 2.24. The molecule has 1 aliphatic carbocycles. The highest BCUT2D eigenvalue weighted by molar-refractivity contribution is 7.51. The van der Waals surface area contributed by atoms with Crippen LogP contribution in [-0.4, -0.2) is 22.3 Å². The van der Waals surface area contributed by atoms with Crippen molar-refractivity contribution < 1.29 is 8.43 Å². The predicted octanol–water partition coefficient (Wildman–Crippen LogP) is 5.17. The fraction of sp³-hybridized carbons (Fsp3) is 0.600. The Hall–Kier alpha value is 0.00377. The Balaban J connectivity index is 2.13. The van der Waals surface area contributed by atoms with Crippen LogP contribution in [0.25, 0.3) is 0 Å². The lowest BCUT2D eigenvalue weighted by Crippen LogP contribution is -2.31. The Kier molecular flexibility index (Phi) is 4.92. The number of fused-ring (bicyclic) bond motifs is 1. The molecule has 0 aromatic heterocycles. The Morgan fingerprint density at radius 2 is 1.25 bits per heavy atom. The van der Waals surface area contributed by atoms with Gasteiger partial charge >= 0.3 is 0 Å². The highest BCUT2D eigenvalue weighted by Gasteiger charge is 2.36. The van der Waals surface area contributed by atoms with Crippen LogP contribution in [-0.2, 0) is 21.3 Å². The van der Waals surface area contributed by atoms with Gasteiger partial charge in [0.2, 0.25) is 0 Å². The van der Waals surface area contributed by atoms with E-state index < -0.39 is 25.0 Å². The summed E-state index contributed by atoms with van der Waals surface area (Å²) in [6.45, 7) is 13.6. The van der Waals surface area contributed by atoms with Crippen molar-refractivity contribution in [2.45, 2.75) is 57.8 Å². The SMILES string of the molecule is C[Si](C)(C)OP(O[Si](C)(C)C)C1Cc2ccccc2C1. The minimum absolute atomic E-state index is 0.542. The molecule has 0 atom stereocenters. The van der Waals surface area contributed by atoms with Gasteiger partial charge in [-0.2, -0.15) is 0 Å². The molecule has 0 amide bonds. The normalized spacial score (nSPS) is 16.8. The lowest BCUT2D eigenvalue weighted by molar-refractivity contribution is 0.472.